The maximum Gasteiger partial charge on any atom is 0.0259 e. The summed E-state index contributed by atoms with van der Waals surface area (Å²) in [4.78, 5) is 0. The summed E-state index contributed by atoms with van der Waals surface area (Å²) in [7, 11) is 0. The molecule has 0 aromatic heterocycles. The lowest BCUT2D eigenvalue weighted by atomic mass is 9.76. The van der Waals surface area contributed by atoms with Crippen LogP contribution in [-0.4, -0.2) is 6.21 Å². The third-order valence-electron chi connectivity index (χ3n) is 4.36. The smallest absolute Gasteiger partial charge is 0.0259 e. The molecular formula is C20H21N. The highest BCUT2D eigenvalue weighted by molar-refractivity contribution is 6.00. The van der Waals surface area contributed by atoms with Crippen LogP contribution in [0.1, 0.15) is 37.8 Å². The first kappa shape index (κ1) is 13.8. The molecule has 1 heteroatoms. The number of fused-ring (bicyclic) bond motifs is 1. The highest BCUT2D eigenvalue weighted by Crippen LogP contribution is 2.36. The Hall–Kier alpha value is -2.15. The molecule has 2 aromatic rings. The Morgan fingerprint density at radius 3 is 2.67 bits per heavy atom. The van der Waals surface area contributed by atoms with Crippen molar-refractivity contribution >= 4 is 17.0 Å². The molecule has 0 saturated heterocycles. The van der Waals surface area contributed by atoms with Crippen molar-refractivity contribution in [3.05, 3.63) is 71.3 Å². The second kappa shape index (κ2) is 5.33. The second-order valence-electron chi connectivity index (χ2n) is 6.41. The van der Waals surface area contributed by atoms with Gasteiger partial charge in [0.15, 0.2) is 0 Å². The molecular weight excluding hydrogens is 254 g/mol. The van der Waals surface area contributed by atoms with Gasteiger partial charge in [0.2, 0.25) is 0 Å². The minimum Gasteiger partial charge on any atom is -0.308 e. The van der Waals surface area contributed by atoms with Crippen LogP contribution in [0.15, 0.2) is 60.2 Å². The third-order valence-corrected chi connectivity index (χ3v) is 4.36. The predicted molar refractivity (Wildman–Crippen MR) is 91.3 cm³/mol. The number of benzene rings is 2. The minimum atomic E-state index is 0.0365. The van der Waals surface area contributed by atoms with Gasteiger partial charge >= 0.3 is 0 Å². The SMILES string of the molecule is CC(C)(CC1=CC=CC1)c1ccc2ccccc2c1C=N. The van der Waals surface area contributed by atoms with Crippen molar-refractivity contribution in [3.8, 4) is 0 Å². The van der Waals surface area contributed by atoms with Gasteiger partial charge in [0.1, 0.15) is 0 Å². The van der Waals surface area contributed by atoms with E-state index in [4.69, 9.17) is 5.41 Å². The Bertz CT molecular complexity index is 748. The monoisotopic (exact) mass is 275 g/mol. The highest BCUT2D eigenvalue weighted by Gasteiger charge is 2.25. The third kappa shape index (κ3) is 2.56. The molecule has 0 radical (unpaired) electrons. The molecule has 0 heterocycles. The van der Waals surface area contributed by atoms with Crippen LogP contribution in [0, 0.1) is 5.41 Å². The van der Waals surface area contributed by atoms with E-state index in [-0.39, 0.29) is 5.41 Å². The quantitative estimate of drug-likeness (QED) is 0.723. The number of allylic oxidation sites excluding steroid dienone is 4. The Morgan fingerprint density at radius 2 is 1.95 bits per heavy atom. The van der Waals surface area contributed by atoms with Crippen LogP contribution in [0.2, 0.25) is 0 Å². The van der Waals surface area contributed by atoms with Crippen molar-refractivity contribution in [2.45, 2.75) is 32.1 Å². The van der Waals surface area contributed by atoms with Gasteiger partial charge in [0.25, 0.3) is 0 Å². The standard InChI is InChI=1S/C20H21N/c1-20(2,13-15-7-3-4-8-15)19-12-11-16-9-5-6-10-17(16)18(19)14-21/h3-7,9-12,14,21H,8,13H2,1-2H3. The summed E-state index contributed by atoms with van der Waals surface area (Å²) in [6.07, 6.45) is 10.2. The summed E-state index contributed by atoms with van der Waals surface area (Å²) < 4.78 is 0. The van der Waals surface area contributed by atoms with E-state index >= 15 is 0 Å². The molecule has 106 valence electrons. The van der Waals surface area contributed by atoms with Crippen LogP contribution in [0.25, 0.3) is 10.8 Å². The van der Waals surface area contributed by atoms with Gasteiger partial charge in [0, 0.05) is 11.8 Å². The number of rotatable bonds is 4. The van der Waals surface area contributed by atoms with Gasteiger partial charge in [-0.15, -0.1) is 0 Å². The number of hydrogen-bond acceptors (Lipinski definition) is 1. The Labute approximate surface area is 126 Å². The largest absolute Gasteiger partial charge is 0.308 e. The van der Waals surface area contributed by atoms with Crippen LogP contribution in [-0.2, 0) is 5.41 Å². The van der Waals surface area contributed by atoms with Crippen molar-refractivity contribution in [3.63, 3.8) is 0 Å². The van der Waals surface area contributed by atoms with Crippen LogP contribution >= 0.6 is 0 Å². The maximum absolute atomic E-state index is 7.88. The maximum atomic E-state index is 7.88. The summed E-state index contributed by atoms with van der Waals surface area (Å²) >= 11 is 0. The van der Waals surface area contributed by atoms with Gasteiger partial charge in [-0.05, 0) is 34.6 Å². The van der Waals surface area contributed by atoms with Gasteiger partial charge in [-0.25, -0.2) is 0 Å². The molecule has 0 unspecified atom stereocenters. The zero-order valence-corrected chi connectivity index (χ0v) is 12.7. The van der Waals surface area contributed by atoms with Crippen molar-refractivity contribution in [1.29, 1.82) is 5.41 Å². The van der Waals surface area contributed by atoms with E-state index in [1.54, 1.807) is 0 Å². The van der Waals surface area contributed by atoms with Gasteiger partial charge in [-0.2, -0.15) is 0 Å². The van der Waals surface area contributed by atoms with Gasteiger partial charge in [-0.3, -0.25) is 0 Å². The topological polar surface area (TPSA) is 23.9 Å². The van der Waals surface area contributed by atoms with E-state index in [0.29, 0.717) is 0 Å². The summed E-state index contributed by atoms with van der Waals surface area (Å²) in [5.74, 6) is 0. The van der Waals surface area contributed by atoms with Gasteiger partial charge in [0.05, 0.1) is 0 Å². The van der Waals surface area contributed by atoms with Crippen molar-refractivity contribution in [2.24, 2.45) is 0 Å². The molecule has 0 amide bonds. The highest BCUT2D eigenvalue weighted by atomic mass is 14.4. The number of hydrogen-bond donors (Lipinski definition) is 1. The fraction of sp³-hybridized carbons (Fsp3) is 0.250. The lowest BCUT2D eigenvalue weighted by Gasteiger charge is -2.28. The second-order valence-corrected chi connectivity index (χ2v) is 6.41. The molecule has 0 saturated carbocycles. The van der Waals surface area contributed by atoms with E-state index in [1.807, 2.05) is 0 Å². The van der Waals surface area contributed by atoms with E-state index in [0.717, 1.165) is 18.4 Å². The average Bonchev–Trinajstić information content (AvgIpc) is 2.98. The van der Waals surface area contributed by atoms with Gasteiger partial charge in [-0.1, -0.05) is 74.0 Å². The summed E-state index contributed by atoms with van der Waals surface area (Å²) in [5, 5.41) is 10.3. The molecule has 0 atom stereocenters. The van der Waals surface area contributed by atoms with E-state index in [2.05, 4.69) is 68.5 Å². The average molecular weight is 275 g/mol. The first-order valence-electron chi connectivity index (χ1n) is 7.49. The Balaban J connectivity index is 2.08. The molecule has 0 bridgehead atoms. The van der Waals surface area contributed by atoms with Crippen LogP contribution < -0.4 is 0 Å². The lowest BCUT2D eigenvalue weighted by Crippen LogP contribution is -2.20. The molecule has 1 N–H and O–H groups in total. The van der Waals surface area contributed by atoms with Crippen LogP contribution in [0.4, 0.5) is 0 Å². The summed E-state index contributed by atoms with van der Waals surface area (Å²) in [6.45, 7) is 4.56. The minimum absolute atomic E-state index is 0.0365. The van der Waals surface area contributed by atoms with E-state index in [1.165, 1.54) is 28.1 Å². The lowest BCUT2D eigenvalue weighted by molar-refractivity contribution is 0.517. The van der Waals surface area contributed by atoms with Gasteiger partial charge < -0.3 is 5.41 Å². The fourth-order valence-corrected chi connectivity index (χ4v) is 3.33. The molecule has 1 nitrogen and oxygen atoms in total. The first-order chi connectivity index (χ1) is 10.1. The molecule has 21 heavy (non-hydrogen) atoms. The summed E-state index contributed by atoms with van der Waals surface area (Å²) in [6, 6.07) is 12.7. The van der Waals surface area contributed by atoms with Crippen molar-refractivity contribution < 1.29 is 0 Å². The molecule has 2 aromatic carbocycles. The van der Waals surface area contributed by atoms with Crippen LogP contribution in [0.3, 0.4) is 0 Å². The molecule has 1 aliphatic rings. The van der Waals surface area contributed by atoms with E-state index in [9.17, 15) is 0 Å². The molecule has 1 aliphatic carbocycles. The molecule has 0 spiro atoms. The molecule has 0 fully saturated rings. The van der Waals surface area contributed by atoms with Crippen molar-refractivity contribution in [2.75, 3.05) is 0 Å². The van der Waals surface area contributed by atoms with Crippen molar-refractivity contribution in [1.82, 2.24) is 0 Å². The fourth-order valence-electron chi connectivity index (χ4n) is 3.33. The van der Waals surface area contributed by atoms with Crippen LogP contribution in [0.5, 0.6) is 0 Å². The predicted octanol–water partition coefficient (Wildman–Crippen LogP) is 5.39. The number of nitrogens with one attached hydrogen (secondary N) is 1. The molecule has 3 rings (SSSR count). The normalized spacial score (nSPS) is 14.5. The zero-order valence-electron chi connectivity index (χ0n) is 12.7. The molecule has 0 aliphatic heterocycles. The first-order valence-corrected chi connectivity index (χ1v) is 7.49. The summed E-state index contributed by atoms with van der Waals surface area (Å²) in [5.41, 5.74) is 3.84. The zero-order chi connectivity index (χ0) is 14.9. The Kier molecular flexibility index (Phi) is 3.50. The van der Waals surface area contributed by atoms with E-state index < -0.39 is 0 Å². The Morgan fingerprint density at radius 1 is 1.14 bits per heavy atom.